The van der Waals surface area contributed by atoms with Crippen LogP contribution in [0.25, 0.3) is 0 Å². The van der Waals surface area contributed by atoms with Gasteiger partial charge in [-0.3, -0.25) is 0 Å². The third-order valence-electron chi connectivity index (χ3n) is 3.38. The maximum absolute atomic E-state index is 5.45. The Bertz CT molecular complexity index is 435. The molecule has 1 fully saturated rings. The molecule has 2 rings (SSSR count). The molecular formula is C13H23N5O2. The van der Waals surface area contributed by atoms with Crippen molar-refractivity contribution >= 4 is 11.6 Å². The molecule has 0 spiro atoms. The topological polar surface area (TPSA) is 94.3 Å². The van der Waals surface area contributed by atoms with Crippen molar-refractivity contribution in [3.8, 4) is 0 Å². The summed E-state index contributed by atoms with van der Waals surface area (Å²) >= 11 is 0. The smallest absolute Gasteiger partial charge is 0.158 e. The van der Waals surface area contributed by atoms with Crippen LogP contribution in [0.5, 0.6) is 0 Å². The summed E-state index contributed by atoms with van der Waals surface area (Å²) in [5, 5.41) is 3.47. The molecule has 0 aliphatic carbocycles. The Hall–Kier alpha value is -1.44. The van der Waals surface area contributed by atoms with E-state index in [9.17, 15) is 0 Å². The summed E-state index contributed by atoms with van der Waals surface area (Å²) in [6.45, 7) is 6.65. The van der Waals surface area contributed by atoms with Crippen LogP contribution in [-0.4, -0.2) is 35.3 Å². The van der Waals surface area contributed by atoms with Gasteiger partial charge in [-0.1, -0.05) is 0 Å². The summed E-state index contributed by atoms with van der Waals surface area (Å²) in [6.07, 6.45) is 1.90. The number of nitrogens with zero attached hydrogens (tertiary/aromatic N) is 2. The molecule has 4 N–H and O–H groups in total. The normalized spacial score (nSPS) is 17.8. The first-order valence-corrected chi connectivity index (χ1v) is 6.93. The molecule has 0 unspecified atom stereocenters. The second-order valence-corrected chi connectivity index (χ2v) is 5.13. The summed E-state index contributed by atoms with van der Waals surface area (Å²) in [7, 11) is 0. The molecule has 0 radical (unpaired) electrons. The van der Waals surface area contributed by atoms with E-state index >= 15 is 0 Å². The van der Waals surface area contributed by atoms with E-state index in [1.165, 1.54) is 0 Å². The van der Waals surface area contributed by atoms with Crippen LogP contribution < -0.4 is 16.6 Å². The minimum atomic E-state index is -0.0125. The van der Waals surface area contributed by atoms with E-state index < -0.39 is 0 Å². The van der Waals surface area contributed by atoms with E-state index in [1.54, 1.807) is 6.07 Å². The fourth-order valence-corrected chi connectivity index (χ4v) is 2.15. The fourth-order valence-electron chi connectivity index (χ4n) is 2.15. The summed E-state index contributed by atoms with van der Waals surface area (Å²) in [6, 6.07) is 1.80. The number of nitrogens with one attached hydrogen (secondary N) is 2. The van der Waals surface area contributed by atoms with E-state index in [4.69, 9.17) is 15.3 Å². The molecule has 1 aliphatic rings. The molecule has 0 aromatic carbocycles. The molecule has 0 amide bonds. The number of aromatic nitrogens is 2. The number of nitrogen functional groups attached to an aromatic ring is 1. The number of rotatable bonds is 6. The van der Waals surface area contributed by atoms with Crippen molar-refractivity contribution < 1.29 is 9.47 Å². The molecule has 1 saturated heterocycles. The lowest BCUT2D eigenvalue weighted by Crippen LogP contribution is -2.41. The monoisotopic (exact) mass is 281 g/mol. The second-order valence-electron chi connectivity index (χ2n) is 5.13. The van der Waals surface area contributed by atoms with Crippen LogP contribution in [0.3, 0.4) is 0 Å². The van der Waals surface area contributed by atoms with Gasteiger partial charge in [0, 0.05) is 31.4 Å². The Morgan fingerprint density at radius 3 is 2.70 bits per heavy atom. The molecular weight excluding hydrogens is 258 g/mol. The van der Waals surface area contributed by atoms with Crippen molar-refractivity contribution in [3.63, 3.8) is 0 Å². The molecule has 0 bridgehead atoms. The fraction of sp³-hybridized carbons (Fsp3) is 0.692. The van der Waals surface area contributed by atoms with E-state index in [1.807, 2.05) is 6.92 Å². The van der Waals surface area contributed by atoms with Crippen molar-refractivity contribution in [2.75, 3.05) is 30.6 Å². The van der Waals surface area contributed by atoms with Crippen LogP contribution in [0.2, 0.25) is 0 Å². The highest BCUT2D eigenvalue weighted by Crippen LogP contribution is 2.25. The third kappa shape index (κ3) is 4.03. The second kappa shape index (κ2) is 6.83. The predicted molar refractivity (Wildman–Crippen MR) is 77.3 cm³/mol. The van der Waals surface area contributed by atoms with Crippen LogP contribution in [0.1, 0.15) is 32.5 Å². The van der Waals surface area contributed by atoms with Gasteiger partial charge in [-0.05, 0) is 26.7 Å². The van der Waals surface area contributed by atoms with Crippen molar-refractivity contribution in [3.05, 3.63) is 11.9 Å². The van der Waals surface area contributed by atoms with Gasteiger partial charge in [-0.15, -0.1) is 0 Å². The average molecular weight is 281 g/mol. The molecule has 0 atom stereocenters. The van der Waals surface area contributed by atoms with Crippen LogP contribution in [0.4, 0.5) is 11.6 Å². The van der Waals surface area contributed by atoms with Crippen LogP contribution in [0.15, 0.2) is 6.07 Å². The third-order valence-corrected chi connectivity index (χ3v) is 3.38. The van der Waals surface area contributed by atoms with Crippen molar-refractivity contribution in [1.29, 1.82) is 0 Å². The zero-order chi connectivity index (χ0) is 14.4. The van der Waals surface area contributed by atoms with Gasteiger partial charge in [0.1, 0.15) is 18.2 Å². The van der Waals surface area contributed by atoms with Gasteiger partial charge in [0.15, 0.2) is 5.82 Å². The van der Waals surface area contributed by atoms with Gasteiger partial charge in [0.25, 0.3) is 0 Å². The molecule has 1 aromatic rings. The van der Waals surface area contributed by atoms with Crippen molar-refractivity contribution in [2.45, 2.75) is 38.8 Å². The number of hydrogen-bond acceptors (Lipinski definition) is 7. The maximum atomic E-state index is 5.45. The predicted octanol–water partition coefficient (Wildman–Crippen LogP) is 1.28. The maximum Gasteiger partial charge on any atom is 0.158 e. The first-order valence-electron chi connectivity index (χ1n) is 6.93. The molecule has 1 aliphatic heterocycles. The van der Waals surface area contributed by atoms with Gasteiger partial charge in [-0.25, -0.2) is 15.8 Å². The molecule has 7 heteroatoms. The summed E-state index contributed by atoms with van der Waals surface area (Å²) in [4.78, 5) is 8.74. The lowest BCUT2D eigenvalue weighted by molar-refractivity contribution is 0.0657. The summed E-state index contributed by atoms with van der Waals surface area (Å²) in [5.41, 5.74) is 2.55. The van der Waals surface area contributed by atoms with Crippen molar-refractivity contribution in [1.82, 2.24) is 9.97 Å². The first kappa shape index (κ1) is 15.0. The molecule has 1 aromatic heterocycles. The molecule has 112 valence electrons. The highest BCUT2D eigenvalue weighted by Gasteiger charge is 2.27. The molecule has 2 heterocycles. The minimum Gasteiger partial charge on any atom is -0.381 e. The number of anilines is 2. The zero-order valence-corrected chi connectivity index (χ0v) is 12.1. The Morgan fingerprint density at radius 2 is 2.05 bits per heavy atom. The van der Waals surface area contributed by atoms with Gasteiger partial charge in [0.05, 0.1) is 0 Å². The Morgan fingerprint density at radius 1 is 1.35 bits per heavy atom. The lowest BCUT2D eigenvalue weighted by Gasteiger charge is -2.35. The SMILES string of the molecule is CCOCc1nc(NN)cc(NC2(C)CCOCC2)n1. The minimum absolute atomic E-state index is 0.0125. The highest BCUT2D eigenvalue weighted by atomic mass is 16.5. The zero-order valence-electron chi connectivity index (χ0n) is 12.1. The van der Waals surface area contributed by atoms with E-state index in [0.29, 0.717) is 24.9 Å². The van der Waals surface area contributed by atoms with Crippen LogP contribution in [-0.2, 0) is 16.1 Å². The Balaban J connectivity index is 2.12. The summed E-state index contributed by atoms with van der Waals surface area (Å²) in [5.74, 6) is 7.40. The van der Waals surface area contributed by atoms with Gasteiger partial charge in [-0.2, -0.15) is 0 Å². The molecule has 20 heavy (non-hydrogen) atoms. The first-order chi connectivity index (χ1) is 9.65. The van der Waals surface area contributed by atoms with Crippen LogP contribution in [0, 0.1) is 0 Å². The van der Waals surface area contributed by atoms with E-state index in [0.717, 1.165) is 31.9 Å². The largest absolute Gasteiger partial charge is 0.381 e. The number of ether oxygens (including phenoxy) is 2. The molecule has 0 saturated carbocycles. The Labute approximate surface area is 119 Å². The van der Waals surface area contributed by atoms with E-state index in [-0.39, 0.29) is 5.54 Å². The van der Waals surface area contributed by atoms with Crippen molar-refractivity contribution in [2.24, 2.45) is 5.84 Å². The quantitative estimate of drug-likeness (QED) is 0.534. The Kier molecular flexibility index (Phi) is 5.11. The highest BCUT2D eigenvalue weighted by molar-refractivity contribution is 5.48. The molecule has 7 nitrogen and oxygen atoms in total. The van der Waals surface area contributed by atoms with Gasteiger partial charge < -0.3 is 20.2 Å². The number of nitrogens with two attached hydrogens (primary N) is 1. The summed E-state index contributed by atoms with van der Waals surface area (Å²) < 4.78 is 10.7. The van der Waals surface area contributed by atoms with Gasteiger partial charge in [0.2, 0.25) is 0 Å². The number of hydrogen-bond donors (Lipinski definition) is 3. The number of hydrazine groups is 1. The van der Waals surface area contributed by atoms with Gasteiger partial charge >= 0.3 is 0 Å². The average Bonchev–Trinajstić information content (AvgIpc) is 2.45. The lowest BCUT2D eigenvalue weighted by atomic mass is 9.92. The van der Waals surface area contributed by atoms with Crippen LogP contribution >= 0.6 is 0 Å². The van der Waals surface area contributed by atoms with E-state index in [2.05, 4.69) is 27.6 Å². The standard InChI is InChI=1S/C13H23N5O2/c1-3-19-9-12-15-10(8-11(16-12)18-14)17-13(2)4-6-20-7-5-13/h8H,3-7,9,14H2,1-2H3,(H2,15,16,17,18).